The lowest BCUT2D eigenvalue weighted by Gasteiger charge is -2.34. The van der Waals surface area contributed by atoms with Gasteiger partial charge < -0.3 is 24.4 Å². The molecule has 0 atom stereocenters. The lowest BCUT2D eigenvalue weighted by Crippen LogP contribution is -2.42. The van der Waals surface area contributed by atoms with Gasteiger partial charge in [0, 0.05) is 45.0 Å². The molecule has 174 valence electrons. The number of hydrogen-bond donors (Lipinski definition) is 1. The Morgan fingerprint density at radius 2 is 1.78 bits per heavy atom. The topological polar surface area (TPSA) is 66.8 Å². The van der Waals surface area contributed by atoms with E-state index in [1.54, 1.807) is 4.90 Å². The van der Waals surface area contributed by atoms with Crippen molar-refractivity contribution in [2.45, 2.75) is 51.8 Å². The van der Waals surface area contributed by atoms with E-state index in [2.05, 4.69) is 34.0 Å². The van der Waals surface area contributed by atoms with Crippen molar-refractivity contribution < 1.29 is 14.3 Å². The van der Waals surface area contributed by atoms with Gasteiger partial charge >= 0.3 is 6.09 Å². The Morgan fingerprint density at radius 1 is 1.09 bits per heavy atom. The van der Waals surface area contributed by atoms with Crippen molar-refractivity contribution in [3.8, 4) is 0 Å². The Bertz CT molecular complexity index is 880. The van der Waals surface area contributed by atoms with Gasteiger partial charge in [0.05, 0.1) is 0 Å². The first kappa shape index (κ1) is 23.9. The summed E-state index contributed by atoms with van der Waals surface area (Å²) < 4.78 is 7.53. The Balaban J connectivity index is 1.47. The second-order valence-electron chi connectivity index (χ2n) is 9.48. The van der Waals surface area contributed by atoms with Crippen LogP contribution >= 0.6 is 0 Å². The molecular formula is C25H36N4O3. The third kappa shape index (κ3) is 6.85. The van der Waals surface area contributed by atoms with E-state index in [9.17, 15) is 9.59 Å². The Hall–Kier alpha value is -2.80. The molecule has 0 aliphatic carbocycles. The first-order valence-corrected chi connectivity index (χ1v) is 11.4. The SMILES string of the molecule is CN(CCNC(=O)c1cccn1C1CCN(C(=O)OC(C)(C)C)CC1)Cc1ccccc1. The minimum absolute atomic E-state index is 0.0577. The van der Waals surface area contributed by atoms with E-state index >= 15 is 0 Å². The molecule has 1 N–H and O–H groups in total. The van der Waals surface area contributed by atoms with Crippen molar-refractivity contribution in [2.24, 2.45) is 0 Å². The summed E-state index contributed by atoms with van der Waals surface area (Å²) in [5, 5.41) is 3.05. The summed E-state index contributed by atoms with van der Waals surface area (Å²) in [7, 11) is 2.06. The van der Waals surface area contributed by atoms with Gasteiger partial charge in [0.15, 0.2) is 0 Å². The number of piperidine rings is 1. The van der Waals surface area contributed by atoms with Crippen LogP contribution in [0.4, 0.5) is 4.79 Å². The van der Waals surface area contributed by atoms with Gasteiger partial charge in [-0.25, -0.2) is 4.79 Å². The van der Waals surface area contributed by atoms with Crippen molar-refractivity contribution >= 4 is 12.0 Å². The normalized spacial score (nSPS) is 15.1. The summed E-state index contributed by atoms with van der Waals surface area (Å²) in [5.41, 5.74) is 1.44. The predicted octanol–water partition coefficient (Wildman–Crippen LogP) is 3.92. The zero-order chi connectivity index (χ0) is 23.1. The van der Waals surface area contributed by atoms with Crippen molar-refractivity contribution in [2.75, 3.05) is 33.2 Å². The molecule has 1 saturated heterocycles. The molecule has 7 heteroatoms. The third-order valence-electron chi connectivity index (χ3n) is 5.60. The van der Waals surface area contributed by atoms with Crippen LogP contribution in [-0.2, 0) is 11.3 Å². The first-order chi connectivity index (χ1) is 15.2. The van der Waals surface area contributed by atoms with Crippen molar-refractivity contribution in [3.63, 3.8) is 0 Å². The van der Waals surface area contributed by atoms with E-state index in [-0.39, 0.29) is 18.0 Å². The molecule has 1 aliphatic heterocycles. The highest BCUT2D eigenvalue weighted by molar-refractivity contribution is 5.92. The maximum atomic E-state index is 12.8. The molecule has 32 heavy (non-hydrogen) atoms. The number of aromatic nitrogens is 1. The third-order valence-corrected chi connectivity index (χ3v) is 5.60. The summed E-state index contributed by atoms with van der Waals surface area (Å²) in [6, 6.07) is 14.3. The quantitative estimate of drug-likeness (QED) is 0.709. The van der Waals surface area contributed by atoms with E-state index in [1.807, 2.05) is 57.3 Å². The van der Waals surface area contributed by atoms with Gasteiger partial charge in [-0.15, -0.1) is 0 Å². The molecule has 0 unspecified atom stereocenters. The van der Waals surface area contributed by atoms with E-state index < -0.39 is 5.60 Å². The molecule has 2 aromatic rings. The maximum Gasteiger partial charge on any atom is 0.410 e. The smallest absolute Gasteiger partial charge is 0.410 e. The molecule has 0 saturated carbocycles. The number of nitrogens with one attached hydrogen (secondary N) is 1. The number of amides is 2. The van der Waals surface area contributed by atoms with Crippen molar-refractivity contribution in [3.05, 3.63) is 59.9 Å². The molecule has 2 amide bonds. The maximum absolute atomic E-state index is 12.8. The zero-order valence-corrected chi connectivity index (χ0v) is 19.7. The Morgan fingerprint density at radius 3 is 2.44 bits per heavy atom. The lowest BCUT2D eigenvalue weighted by molar-refractivity contribution is 0.0187. The number of nitrogens with zero attached hydrogens (tertiary/aromatic N) is 3. The molecule has 1 fully saturated rings. The molecular weight excluding hydrogens is 404 g/mol. The van der Waals surface area contributed by atoms with Crippen molar-refractivity contribution in [1.29, 1.82) is 0 Å². The van der Waals surface area contributed by atoms with Crippen LogP contribution in [0.3, 0.4) is 0 Å². The molecule has 3 rings (SSSR count). The minimum Gasteiger partial charge on any atom is -0.444 e. The molecule has 2 heterocycles. The van der Waals surface area contributed by atoms with Crippen LogP contribution in [0.15, 0.2) is 48.7 Å². The summed E-state index contributed by atoms with van der Waals surface area (Å²) in [6.07, 6.45) is 3.30. The van der Waals surface area contributed by atoms with Gasteiger partial charge in [0.25, 0.3) is 5.91 Å². The number of ether oxygens (including phenoxy) is 1. The van der Waals surface area contributed by atoms with Crippen LogP contribution in [-0.4, -0.2) is 65.2 Å². The molecule has 0 radical (unpaired) electrons. The number of benzene rings is 1. The second-order valence-corrected chi connectivity index (χ2v) is 9.48. The van der Waals surface area contributed by atoms with Crippen LogP contribution in [0, 0.1) is 0 Å². The average Bonchev–Trinajstić information content (AvgIpc) is 3.23. The van der Waals surface area contributed by atoms with E-state index in [0.717, 1.165) is 25.9 Å². The van der Waals surface area contributed by atoms with Gasteiger partial charge in [0.1, 0.15) is 11.3 Å². The van der Waals surface area contributed by atoms with Gasteiger partial charge in [0.2, 0.25) is 0 Å². The second kappa shape index (κ2) is 10.7. The number of hydrogen-bond acceptors (Lipinski definition) is 4. The zero-order valence-electron chi connectivity index (χ0n) is 19.7. The summed E-state index contributed by atoms with van der Waals surface area (Å²) in [5.74, 6) is -0.0577. The molecule has 1 aromatic carbocycles. The van der Waals surface area contributed by atoms with E-state index in [4.69, 9.17) is 4.74 Å². The van der Waals surface area contributed by atoms with E-state index in [0.29, 0.717) is 25.3 Å². The lowest BCUT2D eigenvalue weighted by atomic mass is 10.0. The van der Waals surface area contributed by atoms with Crippen LogP contribution in [0.1, 0.15) is 55.7 Å². The van der Waals surface area contributed by atoms with Crippen molar-refractivity contribution in [1.82, 2.24) is 19.7 Å². The fourth-order valence-corrected chi connectivity index (χ4v) is 3.98. The molecule has 1 aliphatic rings. The number of carbonyl (C=O) groups excluding carboxylic acids is 2. The highest BCUT2D eigenvalue weighted by Gasteiger charge is 2.28. The van der Waals surface area contributed by atoms with Gasteiger partial charge in [-0.3, -0.25) is 4.79 Å². The monoisotopic (exact) mass is 440 g/mol. The standard InChI is InChI=1S/C25H36N4O3/c1-25(2,3)32-24(31)28-16-12-21(13-17-28)29-15-8-11-22(29)23(30)26-14-18-27(4)19-20-9-6-5-7-10-20/h5-11,15,21H,12-14,16-19H2,1-4H3,(H,26,30). The Kier molecular flexibility index (Phi) is 7.96. The Labute approximate surface area is 191 Å². The van der Waals surface area contributed by atoms with Gasteiger partial charge in [-0.2, -0.15) is 0 Å². The minimum atomic E-state index is -0.491. The highest BCUT2D eigenvalue weighted by atomic mass is 16.6. The number of likely N-dealkylation sites (N-methyl/N-ethyl adjacent to an activating group) is 1. The van der Waals surface area contributed by atoms with Crippen LogP contribution < -0.4 is 5.32 Å². The van der Waals surface area contributed by atoms with Crippen LogP contribution in [0.25, 0.3) is 0 Å². The molecule has 7 nitrogen and oxygen atoms in total. The number of likely N-dealkylation sites (tertiary alicyclic amines) is 1. The fourth-order valence-electron chi connectivity index (χ4n) is 3.98. The average molecular weight is 441 g/mol. The molecule has 0 spiro atoms. The number of rotatable bonds is 7. The summed E-state index contributed by atoms with van der Waals surface area (Å²) >= 11 is 0. The summed E-state index contributed by atoms with van der Waals surface area (Å²) in [4.78, 5) is 29.1. The molecule has 0 bridgehead atoms. The van der Waals surface area contributed by atoms with Crippen LogP contribution in [0.2, 0.25) is 0 Å². The number of carbonyl (C=O) groups is 2. The first-order valence-electron chi connectivity index (χ1n) is 11.4. The highest BCUT2D eigenvalue weighted by Crippen LogP contribution is 2.25. The van der Waals surface area contributed by atoms with Gasteiger partial charge in [-0.05, 0) is 58.4 Å². The summed E-state index contributed by atoms with van der Waals surface area (Å²) in [6.45, 7) is 9.10. The van der Waals surface area contributed by atoms with Crippen LogP contribution in [0.5, 0.6) is 0 Å². The largest absolute Gasteiger partial charge is 0.444 e. The predicted molar refractivity (Wildman–Crippen MR) is 126 cm³/mol. The van der Waals surface area contributed by atoms with E-state index in [1.165, 1.54) is 5.56 Å². The molecule has 1 aromatic heterocycles. The fraction of sp³-hybridized carbons (Fsp3) is 0.520. The van der Waals surface area contributed by atoms with Gasteiger partial charge in [-0.1, -0.05) is 30.3 Å².